The van der Waals surface area contributed by atoms with Crippen LogP contribution in [0.15, 0.2) is 12.1 Å². The lowest BCUT2D eigenvalue weighted by atomic mass is 10.2. The molecular weight excluding hydrogens is 254 g/mol. The molecule has 96 valence electrons. The van der Waals surface area contributed by atoms with Crippen LogP contribution in [0.25, 0.3) is 0 Å². The number of hydrogen-bond donors (Lipinski definition) is 2. The number of ether oxygens (including phenoxy) is 1. The maximum atomic E-state index is 13.3. The molecule has 0 radical (unpaired) electrons. The third-order valence-electron chi connectivity index (χ3n) is 1.89. The van der Waals surface area contributed by atoms with Crippen LogP contribution < -0.4 is 15.8 Å². The molecule has 0 aliphatic carbocycles. The molecule has 3 N–H and O–H groups in total. The minimum atomic E-state index is -0.761. The van der Waals surface area contributed by atoms with E-state index in [1.807, 2.05) is 0 Å². The molecule has 0 bridgehead atoms. The Balaban J connectivity index is 0.00000256. The molecule has 0 aliphatic rings. The van der Waals surface area contributed by atoms with E-state index >= 15 is 0 Å². The smallest absolute Gasteiger partial charge is 0.225 e. The van der Waals surface area contributed by atoms with Gasteiger partial charge in [0.15, 0.2) is 17.4 Å². The van der Waals surface area contributed by atoms with Gasteiger partial charge >= 0.3 is 0 Å². The van der Waals surface area contributed by atoms with Crippen molar-refractivity contribution in [2.45, 2.75) is 6.42 Å². The lowest BCUT2D eigenvalue weighted by Crippen LogP contribution is -2.17. The number of halogens is 3. The summed E-state index contributed by atoms with van der Waals surface area (Å²) in [6.07, 6.45) is 0.0487. The van der Waals surface area contributed by atoms with Gasteiger partial charge in [0.2, 0.25) is 5.91 Å². The van der Waals surface area contributed by atoms with E-state index in [9.17, 15) is 13.6 Å². The molecule has 0 aromatic heterocycles. The normalized spacial score (nSPS) is 9.41. The zero-order valence-electron chi connectivity index (χ0n) is 9.13. The van der Waals surface area contributed by atoms with Crippen LogP contribution in [-0.4, -0.2) is 19.6 Å². The molecule has 1 amide bonds. The second-order valence-corrected chi connectivity index (χ2v) is 3.05. The van der Waals surface area contributed by atoms with E-state index in [-0.39, 0.29) is 36.8 Å². The van der Waals surface area contributed by atoms with Gasteiger partial charge in [-0.05, 0) is 0 Å². The maximum Gasteiger partial charge on any atom is 0.225 e. The highest BCUT2D eigenvalue weighted by Crippen LogP contribution is 2.24. The predicted octanol–water partition coefficient (Wildman–Crippen LogP) is 1.68. The summed E-state index contributed by atoms with van der Waals surface area (Å²) in [7, 11) is 1.23. The van der Waals surface area contributed by atoms with Crippen molar-refractivity contribution in [3.05, 3.63) is 23.8 Å². The van der Waals surface area contributed by atoms with Crippen LogP contribution in [0.1, 0.15) is 6.42 Å². The highest BCUT2D eigenvalue weighted by molar-refractivity contribution is 5.91. The van der Waals surface area contributed by atoms with Gasteiger partial charge in [0, 0.05) is 25.1 Å². The van der Waals surface area contributed by atoms with E-state index in [1.54, 1.807) is 0 Å². The van der Waals surface area contributed by atoms with Crippen LogP contribution in [0.3, 0.4) is 0 Å². The summed E-state index contributed by atoms with van der Waals surface area (Å²) in [5.41, 5.74) is 4.92. The van der Waals surface area contributed by atoms with Gasteiger partial charge in [0.05, 0.1) is 12.8 Å². The average molecular weight is 267 g/mol. The third kappa shape index (κ3) is 4.16. The Labute approximate surface area is 104 Å². The topological polar surface area (TPSA) is 64.3 Å². The van der Waals surface area contributed by atoms with Gasteiger partial charge in [-0.25, -0.2) is 8.78 Å². The van der Waals surface area contributed by atoms with Gasteiger partial charge in [-0.1, -0.05) is 0 Å². The fourth-order valence-corrected chi connectivity index (χ4v) is 1.12. The number of nitrogens with one attached hydrogen (secondary N) is 1. The number of amides is 1. The minimum absolute atomic E-state index is 0. The van der Waals surface area contributed by atoms with Gasteiger partial charge in [-0.2, -0.15) is 0 Å². The van der Waals surface area contributed by atoms with Crippen molar-refractivity contribution in [2.24, 2.45) is 5.73 Å². The number of carbonyl (C=O) groups is 1. The summed E-state index contributed by atoms with van der Waals surface area (Å²) in [6, 6.07) is 1.73. The monoisotopic (exact) mass is 266 g/mol. The number of nitrogens with two attached hydrogens (primary N) is 1. The van der Waals surface area contributed by atoms with Crippen molar-refractivity contribution in [1.29, 1.82) is 0 Å². The Kier molecular flexibility index (Phi) is 6.45. The van der Waals surface area contributed by atoms with E-state index in [2.05, 4.69) is 10.1 Å². The lowest BCUT2D eigenvalue weighted by molar-refractivity contribution is -0.116. The Morgan fingerprint density at radius 1 is 1.41 bits per heavy atom. The Morgan fingerprint density at radius 2 is 2.06 bits per heavy atom. The van der Waals surface area contributed by atoms with Crippen molar-refractivity contribution in [3.8, 4) is 5.75 Å². The molecule has 7 heteroatoms. The molecule has 4 nitrogen and oxygen atoms in total. The van der Waals surface area contributed by atoms with E-state index in [0.29, 0.717) is 0 Å². The number of methoxy groups -OCH3 is 1. The Morgan fingerprint density at radius 3 is 2.59 bits per heavy atom. The zero-order chi connectivity index (χ0) is 12.1. The van der Waals surface area contributed by atoms with Crippen molar-refractivity contribution < 1.29 is 18.3 Å². The van der Waals surface area contributed by atoms with Crippen LogP contribution in [0.4, 0.5) is 14.5 Å². The first-order chi connectivity index (χ1) is 7.58. The first kappa shape index (κ1) is 15.6. The molecule has 0 saturated carbocycles. The number of benzene rings is 1. The van der Waals surface area contributed by atoms with Crippen LogP contribution in [0, 0.1) is 11.6 Å². The fraction of sp³-hybridized carbons (Fsp3) is 0.300. The standard InChI is InChI=1S/C10H12F2N2O2.ClH/c1-16-9-5-6(11)8(4-7(9)12)14-10(15)2-3-13;/h4-5H,2-3,13H2,1H3,(H,14,15);1H. The molecule has 1 aromatic rings. The molecule has 0 atom stereocenters. The summed E-state index contributed by atoms with van der Waals surface area (Å²) >= 11 is 0. The van der Waals surface area contributed by atoms with Crippen molar-refractivity contribution in [1.82, 2.24) is 0 Å². The number of carbonyl (C=O) groups excluding carboxylic acids is 1. The third-order valence-corrected chi connectivity index (χ3v) is 1.89. The SMILES string of the molecule is COc1cc(F)c(NC(=O)CCN)cc1F.Cl. The lowest BCUT2D eigenvalue weighted by Gasteiger charge is -2.08. The Hall–Kier alpha value is -1.40. The zero-order valence-corrected chi connectivity index (χ0v) is 9.94. The van der Waals surface area contributed by atoms with Crippen molar-refractivity contribution in [3.63, 3.8) is 0 Å². The summed E-state index contributed by atoms with van der Waals surface area (Å²) in [5, 5.41) is 2.21. The Bertz CT molecular complexity index is 402. The van der Waals surface area contributed by atoms with Crippen LogP contribution in [0.5, 0.6) is 5.75 Å². The van der Waals surface area contributed by atoms with Gasteiger partial charge in [-0.3, -0.25) is 4.79 Å². The first-order valence-corrected chi connectivity index (χ1v) is 4.61. The van der Waals surface area contributed by atoms with Crippen LogP contribution in [-0.2, 0) is 4.79 Å². The molecule has 0 heterocycles. The summed E-state index contributed by atoms with van der Waals surface area (Å²) in [5.74, 6) is -2.18. The minimum Gasteiger partial charge on any atom is -0.494 e. The predicted molar refractivity (Wildman–Crippen MR) is 62.5 cm³/mol. The molecule has 1 aromatic carbocycles. The molecule has 0 aliphatic heterocycles. The van der Waals surface area contributed by atoms with E-state index in [0.717, 1.165) is 12.1 Å². The largest absolute Gasteiger partial charge is 0.494 e. The highest BCUT2D eigenvalue weighted by Gasteiger charge is 2.12. The van der Waals surface area contributed by atoms with E-state index in [1.165, 1.54) is 7.11 Å². The highest BCUT2D eigenvalue weighted by atomic mass is 35.5. The number of rotatable bonds is 4. The van der Waals surface area contributed by atoms with Gasteiger partial charge in [0.1, 0.15) is 0 Å². The van der Waals surface area contributed by atoms with Crippen molar-refractivity contribution in [2.75, 3.05) is 19.0 Å². The maximum absolute atomic E-state index is 13.3. The molecule has 0 spiro atoms. The quantitative estimate of drug-likeness (QED) is 0.872. The van der Waals surface area contributed by atoms with Gasteiger partial charge in [0.25, 0.3) is 0 Å². The summed E-state index contributed by atoms with van der Waals surface area (Å²) in [6.45, 7) is 0.145. The summed E-state index contributed by atoms with van der Waals surface area (Å²) < 4.78 is 31.1. The molecule has 17 heavy (non-hydrogen) atoms. The summed E-state index contributed by atoms with van der Waals surface area (Å²) in [4.78, 5) is 11.1. The number of anilines is 1. The molecule has 0 fully saturated rings. The van der Waals surface area contributed by atoms with Crippen molar-refractivity contribution >= 4 is 24.0 Å². The molecule has 0 unspecified atom stereocenters. The second kappa shape index (κ2) is 7.03. The molecule has 0 saturated heterocycles. The fourth-order valence-electron chi connectivity index (χ4n) is 1.12. The second-order valence-electron chi connectivity index (χ2n) is 3.05. The first-order valence-electron chi connectivity index (χ1n) is 4.61. The van der Waals surface area contributed by atoms with Gasteiger partial charge < -0.3 is 15.8 Å². The average Bonchev–Trinajstić information content (AvgIpc) is 2.23. The number of hydrogen-bond acceptors (Lipinski definition) is 3. The van der Waals surface area contributed by atoms with Crippen LogP contribution in [0.2, 0.25) is 0 Å². The van der Waals surface area contributed by atoms with Crippen LogP contribution >= 0.6 is 12.4 Å². The molecule has 1 rings (SSSR count). The van der Waals surface area contributed by atoms with Gasteiger partial charge in [-0.15, -0.1) is 12.4 Å². The van der Waals surface area contributed by atoms with E-state index < -0.39 is 17.5 Å². The molecular formula is C10H13ClF2N2O2. The van der Waals surface area contributed by atoms with E-state index in [4.69, 9.17) is 5.73 Å².